The average molecular weight is 566 g/mol. The summed E-state index contributed by atoms with van der Waals surface area (Å²) in [5.74, 6) is 2.23. The van der Waals surface area contributed by atoms with Gasteiger partial charge < -0.3 is 10.5 Å². The molecule has 1 amide bonds. The molecule has 0 saturated carbocycles. The molecule has 2 aromatic rings. The van der Waals surface area contributed by atoms with Gasteiger partial charge in [0.25, 0.3) is 5.91 Å². The van der Waals surface area contributed by atoms with Crippen molar-refractivity contribution in [2.75, 3.05) is 7.11 Å². The van der Waals surface area contributed by atoms with Crippen LogP contribution >= 0.6 is 53.3 Å². The van der Waals surface area contributed by atoms with E-state index in [1.807, 2.05) is 38.1 Å². The molecular formula is C21H22Cl2INO3S. The number of methoxy groups -OCH3 is 1. The monoisotopic (exact) mass is 565 g/mol. The van der Waals surface area contributed by atoms with Gasteiger partial charge in [0.15, 0.2) is 0 Å². The lowest BCUT2D eigenvalue weighted by Gasteiger charge is -2.00. The first-order valence-corrected chi connectivity index (χ1v) is 12.7. The van der Waals surface area contributed by atoms with Crippen LogP contribution in [-0.2, 0) is 16.0 Å². The maximum Gasteiger partial charge on any atom is 0.305 e. The summed E-state index contributed by atoms with van der Waals surface area (Å²) in [6.45, 7) is 4.00. The fourth-order valence-electron chi connectivity index (χ4n) is 1.91. The largest absolute Gasteiger partial charge is 0.469 e. The molecule has 0 radical (unpaired) electrons. The highest BCUT2D eigenvalue weighted by Gasteiger charge is 2.09. The summed E-state index contributed by atoms with van der Waals surface area (Å²) in [7, 11) is 2.87. The molecule has 0 bridgehead atoms. The molecule has 2 aromatic carbocycles. The predicted octanol–water partition coefficient (Wildman–Crippen LogP) is 6.30. The van der Waals surface area contributed by atoms with Crippen molar-refractivity contribution in [3.63, 3.8) is 0 Å². The topological polar surface area (TPSA) is 69.4 Å². The van der Waals surface area contributed by atoms with Crippen LogP contribution in [0.4, 0.5) is 0 Å². The smallest absolute Gasteiger partial charge is 0.305 e. The van der Waals surface area contributed by atoms with Gasteiger partial charge in [-0.2, -0.15) is 0 Å². The van der Waals surface area contributed by atoms with Gasteiger partial charge in [0.05, 0.1) is 22.7 Å². The molecule has 0 unspecified atom stereocenters. The number of benzene rings is 2. The first-order valence-electron chi connectivity index (χ1n) is 8.57. The Morgan fingerprint density at radius 3 is 2.07 bits per heavy atom. The van der Waals surface area contributed by atoms with Crippen LogP contribution in [0.5, 0.6) is 0 Å². The fraction of sp³-hybridized carbons (Fsp3) is 0.238. The molecule has 0 spiro atoms. The first kappa shape index (κ1) is 27.6. The molecule has 2 rings (SSSR count). The molecule has 2 N–H and O–H groups in total. The number of hydrogen-bond donors (Lipinski definition) is 1. The minimum absolute atomic E-state index is 0.176. The number of halogens is 3. The molecular weight excluding hydrogens is 544 g/mol. The van der Waals surface area contributed by atoms with E-state index in [2.05, 4.69) is 37.1 Å². The Bertz CT molecular complexity index is 829. The van der Waals surface area contributed by atoms with Crippen LogP contribution in [0.2, 0.25) is 10.0 Å². The maximum atomic E-state index is 10.9. The van der Waals surface area contributed by atoms with Crippen molar-refractivity contribution in [2.45, 2.75) is 26.7 Å². The number of rotatable bonds is 4. The van der Waals surface area contributed by atoms with Gasteiger partial charge in [-0.05, 0) is 50.4 Å². The second kappa shape index (κ2) is 16.4. The highest BCUT2D eigenvalue weighted by molar-refractivity contribution is 14.2. The number of aryl methyl sites for hydroxylation is 1. The zero-order chi connectivity index (χ0) is 22.2. The van der Waals surface area contributed by atoms with E-state index in [-0.39, 0.29) is 21.6 Å². The first-order chi connectivity index (χ1) is 13.9. The van der Waals surface area contributed by atoms with E-state index in [0.29, 0.717) is 12.8 Å². The lowest BCUT2D eigenvalue weighted by molar-refractivity contribution is -0.140. The number of nitrogens with two attached hydrogens (primary N) is 1. The summed E-state index contributed by atoms with van der Waals surface area (Å²) < 4.78 is 4.58. The molecule has 0 fully saturated rings. The summed E-state index contributed by atoms with van der Waals surface area (Å²) in [5.41, 5.74) is 7.30. The van der Waals surface area contributed by atoms with Crippen LogP contribution in [0, 0.1) is 11.2 Å². The van der Waals surface area contributed by atoms with Crippen molar-refractivity contribution >= 4 is 65.2 Å². The van der Waals surface area contributed by atoms with Gasteiger partial charge in [-0.3, -0.25) is 9.59 Å². The molecule has 4 nitrogen and oxygen atoms in total. The van der Waals surface area contributed by atoms with Crippen molar-refractivity contribution in [3.05, 3.63) is 69.2 Å². The van der Waals surface area contributed by atoms with Crippen LogP contribution in [0.15, 0.2) is 42.5 Å². The van der Waals surface area contributed by atoms with Gasteiger partial charge in [-0.25, -0.2) is 0 Å². The van der Waals surface area contributed by atoms with E-state index in [4.69, 9.17) is 28.9 Å². The minimum Gasteiger partial charge on any atom is -0.469 e. The second-order valence-electron chi connectivity index (χ2n) is 5.04. The molecule has 0 aliphatic rings. The van der Waals surface area contributed by atoms with Crippen molar-refractivity contribution in [2.24, 2.45) is 5.73 Å². The van der Waals surface area contributed by atoms with E-state index in [0.717, 1.165) is 11.1 Å². The summed E-state index contributed by atoms with van der Waals surface area (Å²) in [4.78, 5) is 21.6. The Hall–Kier alpha value is -1.40. The molecule has 0 atom stereocenters. The number of ether oxygens (including phenoxy) is 1. The number of esters is 1. The SMILES string of the molecule is CC.COC(=O)CCc1ccc(C#CSI)cc1.NC(=O)c1c(Cl)cccc1Cl. The Labute approximate surface area is 198 Å². The normalized spacial score (nSPS) is 8.90. The van der Waals surface area contributed by atoms with E-state index < -0.39 is 5.91 Å². The van der Waals surface area contributed by atoms with Gasteiger partial charge in [0.1, 0.15) is 0 Å². The number of hydrogen-bond acceptors (Lipinski definition) is 4. The molecule has 0 aromatic heterocycles. The van der Waals surface area contributed by atoms with Crippen molar-refractivity contribution in [3.8, 4) is 11.2 Å². The molecule has 156 valence electrons. The van der Waals surface area contributed by atoms with Crippen LogP contribution in [0.25, 0.3) is 0 Å². The van der Waals surface area contributed by atoms with Crippen LogP contribution in [-0.4, -0.2) is 19.0 Å². The van der Waals surface area contributed by atoms with Crippen LogP contribution < -0.4 is 5.73 Å². The fourth-order valence-corrected chi connectivity index (χ4v) is 2.99. The summed E-state index contributed by atoms with van der Waals surface area (Å²) in [5, 5.41) is 3.49. The van der Waals surface area contributed by atoms with E-state index in [1.165, 1.54) is 16.0 Å². The second-order valence-corrected chi connectivity index (χ2v) is 7.53. The maximum absolute atomic E-state index is 10.9. The van der Waals surface area contributed by atoms with Gasteiger partial charge in [0.2, 0.25) is 0 Å². The number of carbonyl (C=O) groups excluding carboxylic acids is 2. The predicted molar refractivity (Wildman–Crippen MR) is 132 cm³/mol. The number of amides is 1. The van der Waals surface area contributed by atoms with Gasteiger partial charge in [-0.1, -0.05) is 61.2 Å². The van der Waals surface area contributed by atoms with Gasteiger partial charge in [-0.15, -0.1) is 0 Å². The van der Waals surface area contributed by atoms with Crippen LogP contribution in [0.3, 0.4) is 0 Å². The summed E-state index contributed by atoms with van der Waals surface area (Å²) in [6.07, 6.45) is 1.13. The van der Waals surface area contributed by atoms with E-state index in [1.54, 1.807) is 18.2 Å². The average Bonchev–Trinajstić information content (AvgIpc) is 2.72. The lowest BCUT2D eigenvalue weighted by atomic mass is 10.1. The third-order valence-corrected chi connectivity index (χ3v) is 4.71. The van der Waals surface area contributed by atoms with E-state index >= 15 is 0 Å². The summed E-state index contributed by atoms with van der Waals surface area (Å²) >= 11 is 13.4. The number of primary amides is 1. The Morgan fingerprint density at radius 2 is 1.66 bits per heavy atom. The van der Waals surface area contributed by atoms with Crippen molar-refractivity contribution in [1.82, 2.24) is 0 Å². The Morgan fingerprint density at radius 1 is 1.10 bits per heavy atom. The third-order valence-electron chi connectivity index (χ3n) is 3.24. The molecule has 8 heteroatoms. The standard InChI is InChI=1S/C12H11IO2S.C7H5Cl2NO.C2H6/c1-15-12(14)7-6-10-2-4-11(5-3-10)8-9-16-13;8-4-2-1-3-5(9)6(4)7(10)11;1-2/h2-5H,6-7H2,1H3;1-3H,(H2,10,11);1-2H3. The highest BCUT2D eigenvalue weighted by Crippen LogP contribution is 2.23. The zero-order valence-electron chi connectivity index (χ0n) is 16.3. The van der Waals surface area contributed by atoms with Gasteiger partial charge >= 0.3 is 5.97 Å². The molecule has 29 heavy (non-hydrogen) atoms. The quantitative estimate of drug-likeness (QED) is 0.268. The van der Waals surface area contributed by atoms with Crippen molar-refractivity contribution < 1.29 is 14.3 Å². The Balaban J connectivity index is 0.000000526. The lowest BCUT2D eigenvalue weighted by Crippen LogP contribution is -2.12. The molecule has 0 aliphatic heterocycles. The van der Waals surface area contributed by atoms with Crippen molar-refractivity contribution in [1.29, 1.82) is 0 Å². The minimum atomic E-state index is -0.611. The zero-order valence-corrected chi connectivity index (χ0v) is 20.8. The third kappa shape index (κ3) is 11.4. The number of carbonyl (C=O) groups is 2. The molecule has 0 saturated heterocycles. The highest BCUT2D eigenvalue weighted by atomic mass is 127. The van der Waals surface area contributed by atoms with E-state index in [9.17, 15) is 9.59 Å². The molecule has 0 aliphatic carbocycles. The Kier molecular flexibility index (Phi) is 15.6. The molecule has 0 heterocycles. The van der Waals surface area contributed by atoms with Crippen LogP contribution in [0.1, 0.15) is 41.8 Å². The summed E-state index contributed by atoms with van der Waals surface area (Å²) in [6, 6.07) is 12.7. The van der Waals surface area contributed by atoms with Gasteiger partial charge in [0, 0.05) is 33.2 Å².